The Morgan fingerprint density at radius 2 is 2.00 bits per heavy atom. The molecule has 0 bridgehead atoms. The largest absolute Gasteiger partial charge is 0.496 e. The summed E-state index contributed by atoms with van der Waals surface area (Å²) in [6.45, 7) is 6.62. The lowest BCUT2D eigenvalue weighted by Crippen LogP contribution is -2.20. The van der Waals surface area contributed by atoms with Gasteiger partial charge in [0.15, 0.2) is 0 Å². The molecular weight excluding hydrogens is 394 g/mol. The molecule has 0 aliphatic carbocycles. The number of aromatic nitrogens is 4. The van der Waals surface area contributed by atoms with Crippen LogP contribution in [0.25, 0.3) is 33.1 Å². The molecule has 31 heavy (non-hydrogen) atoms. The van der Waals surface area contributed by atoms with Gasteiger partial charge in [0.25, 0.3) is 0 Å². The van der Waals surface area contributed by atoms with Crippen LogP contribution in [0.15, 0.2) is 22.9 Å². The molecule has 2 N–H and O–H groups in total. The van der Waals surface area contributed by atoms with Crippen LogP contribution in [0.3, 0.4) is 0 Å². The van der Waals surface area contributed by atoms with E-state index in [0.717, 1.165) is 82.1 Å². The first-order valence-electron chi connectivity index (χ1n) is 10.7. The van der Waals surface area contributed by atoms with E-state index in [1.807, 2.05) is 32.2 Å². The number of imidazole rings is 1. The summed E-state index contributed by atoms with van der Waals surface area (Å²) in [4.78, 5) is 9.72. The van der Waals surface area contributed by atoms with Crippen LogP contribution >= 0.6 is 0 Å². The molecule has 1 aromatic carbocycles. The first kappa shape index (κ1) is 20.0. The van der Waals surface area contributed by atoms with E-state index in [2.05, 4.69) is 9.72 Å². The van der Waals surface area contributed by atoms with Gasteiger partial charge in [-0.15, -0.1) is 0 Å². The highest BCUT2D eigenvalue weighted by atomic mass is 16.5. The predicted octanol–water partition coefficient (Wildman–Crippen LogP) is 3.72. The van der Waals surface area contributed by atoms with Gasteiger partial charge in [0.05, 0.1) is 35.6 Å². The van der Waals surface area contributed by atoms with Gasteiger partial charge < -0.3 is 24.3 Å². The molecule has 162 valence electrons. The van der Waals surface area contributed by atoms with Crippen molar-refractivity contribution < 1.29 is 14.0 Å². The molecule has 0 amide bonds. The average Bonchev–Trinajstić information content (AvgIpc) is 3.33. The molecule has 3 aromatic heterocycles. The van der Waals surface area contributed by atoms with E-state index in [1.165, 1.54) is 0 Å². The monoisotopic (exact) mass is 421 g/mol. The lowest BCUT2D eigenvalue weighted by Gasteiger charge is -2.22. The molecule has 4 heterocycles. The van der Waals surface area contributed by atoms with Crippen LogP contribution in [0.5, 0.6) is 5.75 Å². The minimum atomic E-state index is 0.367. The fourth-order valence-corrected chi connectivity index (χ4v) is 4.71. The fraction of sp³-hybridized carbons (Fsp3) is 0.435. The smallest absolute Gasteiger partial charge is 0.141 e. The third kappa shape index (κ3) is 3.26. The first-order chi connectivity index (χ1) is 15.1. The molecule has 8 nitrogen and oxygen atoms in total. The Balaban J connectivity index is 1.76. The minimum absolute atomic E-state index is 0.367. The topological polar surface area (TPSA) is 101 Å². The lowest BCUT2D eigenvalue weighted by molar-refractivity contribution is 0.0829. The van der Waals surface area contributed by atoms with E-state index in [4.69, 9.17) is 29.7 Å². The Morgan fingerprint density at radius 1 is 1.19 bits per heavy atom. The molecule has 0 atom stereocenters. The molecule has 5 rings (SSSR count). The average molecular weight is 422 g/mol. The van der Waals surface area contributed by atoms with Crippen molar-refractivity contribution in [1.29, 1.82) is 0 Å². The fourth-order valence-electron chi connectivity index (χ4n) is 4.71. The maximum atomic E-state index is 6.00. The summed E-state index contributed by atoms with van der Waals surface area (Å²) >= 11 is 0. The third-order valence-corrected chi connectivity index (χ3v) is 6.16. The van der Waals surface area contributed by atoms with Gasteiger partial charge >= 0.3 is 0 Å². The van der Waals surface area contributed by atoms with Gasteiger partial charge in [0.2, 0.25) is 0 Å². The summed E-state index contributed by atoms with van der Waals surface area (Å²) in [7, 11) is 1.68. The number of fused-ring (bicyclic) bond motifs is 3. The molecule has 4 aromatic rings. The van der Waals surface area contributed by atoms with E-state index in [-0.39, 0.29) is 0 Å². The van der Waals surface area contributed by atoms with Crippen LogP contribution in [-0.4, -0.2) is 46.6 Å². The van der Waals surface area contributed by atoms with E-state index in [0.29, 0.717) is 19.0 Å². The second-order valence-electron chi connectivity index (χ2n) is 8.06. The zero-order valence-electron chi connectivity index (χ0n) is 18.1. The third-order valence-electron chi connectivity index (χ3n) is 6.16. The first-order valence-corrected chi connectivity index (χ1v) is 10.7. The maximum absolute atomic E-state index is 6.00. The minimum Gasteiger partial charge on any atom is -0.496 e. The number of ether oxygens (including phenoxy) is 2. The van der Waals surface area contributed by atoms with Crippen molar-refractivity contribution in [2.45, 2.75) is 39.2 Å². The highest BCUT2D eigenvalue weighted by molar-refractivity contribution is 6.05. The van der Waals surface area contributed by atoms with Gasteiger partial charge in [-0.3, -0.25) is 4.98 Å². The van der Waals surface area contributed by atoms with Crippen molar-refractivity contribution in [3.63, 3.8) is 0 Å². The van der Waals surface area contributed by atoms with E-state index in [9.17, 15) is 0 Å². The van der Waals surface area contributed by atoms with Gasteiger partial charge in [0, 0.05) is 43.2 Å². The van der Waals surface area contributed by atoms with Crippen LogP contribution in [0.2, 0.25) is 0 Å². The Hall–Kier alpha value is -2.97. The maximum Gasteiger partial charge on any atom is 0.141 e. The van der Waals surface area contributed by atoms with Crippen molar-refractivity contribution in [2.75, 3.05) is 26.9 Å². The Labute approximate surface area is 180 Å². The van der Waals surface area contributed by atoms with Crippen molar-refractivity contribution in [3.05, 3.63) is 35.6 Å². The molecule has 0 radical (unpaired) electrons. The SMILES string of the molecule is COc1cc2c(cc1-c1c(C)noc1C)ncc1nc(C3CCOCC3)n(CCN)c12. The van der Waals surface area contributed by atoms with Crippen LogP contribution < -0.4 is 10.5 Å². The van der Waals surface area contributed by atoms with Crippen molar-refractivity contribution in [2.24, 2.45) is 5.73 Å². The molecule has 0 spiro atoms. The molecule has 0 saturated carbocycles. The number of nitrogens with zero attached hydrogens (tertiary/aromatic N) is 4. The van der Waals surface area contributed by atoms with Gasteiger partial charge in [-0.2, -0.15) is 0 Å². The van der Waals surface area contributed by atoms with Gasteiger partial charge in [-0.05, 0) is 38.8 Å². The second-order valence-corrected chi connectivity index (χ2v) is 8.06. The van der Waals surface area contributed by atoms with E-state index >= 15 is 0 Å². The number of aryl methyl sites for hydroxylation is 2. The number of hydrogen-bond acceptors (Lipinski definition) is 7. The second kappa shape index (κ2) is 7.94. The predicted molar refractivity (Wildman–Crippen MR) is 118 cm³/mol. The van der Waals surface area contributed by atoms with Crippen molar-refractivity contribution in [1.82, 2.24) is 19.7 Å². The summed E-state index contributed by atoms with van der Waals surface area (Å²) in [6.07, 6.45) is 3.80. The summed E-state index contributed by atoms with van der Waals surface area (Å²) < 4.78 is 19.0. The number of benzene rings is 1. The molecule has 1 saturated heterocycles. The van der Waals surface area contributed by atoms with Gasteiger partial charge in [0.1, 0.15) is 22.9 Å². The van der Waals surface area contributed by atoms with Crippen molar-refractivity contribution in [3.8, 4) is 16.9 Å². The van der Waals surface area contributed by atoms with E-state index in [1.54, 1.807) is 7.11 Å². The molecule has 1 fully saturated rings. The van der Waals surface area contributed by atoms with Crippen LogP contribution in [0.4, 0.5) is 0 Å². The number of pyridine rings is 1. The summed E-state index contributed by atoms with van der Waals surface area (Å²) in [6, 6.07) is 4.10. The number of methoxy groups -OCH3 is 1. The van der Waals surface area contributed by atoms with Crippen LogP contribution in [0, 0.1) is 13.8 Å². The Kier molecular flexibility index (Phi) is 5.11. The Morgan fingerprint density at radius 3 is 2.68 bits per heavy atom. The molecule has 8 heteroatoms. The molecular formula is C23H27N5O3. The normalized spacial score (nSPS) is 15.2. The summed E-state index contributed by atoms with van der Waals surface area (Å²) in [5, 5.41) is 5.11. The summed E-state index contributed by atoms with van der Waals surface area (Å²) in [5.41, 5.74) is 11.5. The number of rotatable bonds is 5. The lowest BCUT2D eigenvalue weighted by atomic mass is 9.99. The number of hydrogen-bond donors (Lipinski definition) is 1. The highest BCUT2D eigenvalue weighted by Crippen LogP contribution is 2.39. The quantitative estimate of drug-likeness (QED) is 0.524. The zero-order chi connectivity index (χ0) is 21.5. The molecule has 1 aliphatic rings. The van der Waals surface area contributed by atoms with E-state index < -0.39 is 0 Å². The number of nitrogens with two attached hydrogens (primary N) is 1. The van der Waals surface area contributed by atoms with Gasteiger partial charge in [-0.25, -0.2) is 4.98 Å². The summed E-state index contributed by atoms with van der Waals surface area (Å²) in [5.74, 6) is 2.95. The molecule has 1 aliphatic heterocycles. The van der Waals surface area contributed by atoms with Gasteiger partial charge in [-0.1, -0.05) is 5.16 Å². The highest BCUT2D eigenvalue weighted by Gasteiger charge is 2.25. The standard InChI is InChI=1S/C23H27N5O3/c1-13-21(14(2)31-27-13)17-10-18-16(11-20(17)29-3)22-19(12-25-18)26-23(28(22)7-6-24)15-4-8-30-9-5-15/h10-12,15H,4-9,24H2,1-3H3. The van der Waals surface area contributed by atoms with Crippen LogP contribution in [-0.2, 0) is 11.3 Å². The van der Waals surface area contributed by atoms with Crippen molar-refractivity contribution >= 4 is 21.9 Å². The zero-order valence-corrected chi connectivity index (χ0v) is 18.1. The van der Waals surface area contributed by atoms with Crippen LogP contribution in [0.1, 0.15) is 36.0 Å². The molecule has 0 unspecified atom stereocenters. The Bertz CT molecular complexity index is 1230.